The quantitative estimate of drug-likeness (QED) is 0.718. The lowest BCUT2D eigenvalue weighted by molar-refractivity contribution is -0.301. The summed E-state index contributed by atoms with van der Waals surface area (Å²) in [6, 6.07) is 9.94. The van der Waals surface area contributed by atoms with E-state index in [1.54, 1.807) is 0 Å². The zero-order chi connectivity index (χ0) is 16.9. The highest BCUT2D eigenvalue weighted by molar-refractivity contribution is 5.56. The van der Waals surface area contributed by atoms with Crippen molar-refractivity contribution in [2.24, 2.45) is 0 Å². The van der Waals surface area contributed by atoms with Gasteiger partial charge in [-0.25, -0.2) is 0 Å². The number of hydrogen-bond donors (Lipinski definition) is 0. The average Bonchev–Trinajstić information content (AvgIpc) is 2.49. The van der Waals surface area contributed by atoms with Crippen LogP contribution in [0.15, 0.2) is 30.3 Å². The van der Waals surface area contributed by atoms with Crippen LogP contribution in [0.25, 0.3) is 0 Å². The summed E-state index contributed by atoms with van der Waals surface area (Å²) >= 11 is 0. The number of rotatable bonds is 7. The second kappa shape index (κ2) is 7.56. The van der Waals surface area contributed by atoms with Gasteiger partial charge in [-0.05, 0) is 52.5 Å². The fourth-order valence-corrected chi connectivity index (χ4v) is 3.36. The Kier molecular flexibility index (Phi) is 5.95. The van der Waals surface area contributed by atoms with Gasteiger partial charge in [0.1, 0.15) is 0 Å². The van der Waals surface area contributed by atoms with Crippen LogP contribution in [0.2, 0.25) is 0 Å². The molecule has 128 valence electrons. The van der Waals surface area contributed by atoms with Crippen molar-refractivity contribution < 1.29 is 14.4 Å². The third kappa shape index (κ3) is 4.87. The highest BCUT2D eigenvalue weighted by Gasteiger charge is 2.43. The molecule has 0 bridgehead atoms. The van der Waals surface area contributed by atoms with Crippen LogP contribution < -0.4 is 0 Å². The van der Waals surface area contributed by atoms with Crippen molar-refractivity contribution in [1.82, 2.24) is 5.06 Å². The summed E-state index contributed by atoms with van der Waals surface area (Å²) in [5.74, 6) is 0. The summed E-state index contributed by atoms with van der Waals surface area (Å²) < 4.78 is 5.67. The first-order chi connectivity index (χ1) is 10.8. The molecule has 0 spiro atoms. The number of carbonyl (C=O) groups is 1. The van der Waals surface area contributed by atoms with Crippen molar-refractivity contribution >= 4 is 6.29 Å². The maximum absolute atomic E-state index is 11.4. The van der Waals surface area contributed by atoms with Gasteiger partial charge >= 0.3 is 0 Å². The van der Waals surface area contributed by atoms with Gasteiger partial charge in [-0.3, -0.25) is 4.84 Å². The summed E-state index contributed by atoms with van der Waals surface area (Å²) in [7, 11) is 0. The van der Waals surface area contributed by atoms with E-state index < -0.39 is 6.10 Å². The van der Waals surface area contributed by atoms with Crippen molar-refractivity contribution in [3.63, 3.8) is 0 Å². The van der Waals surface area contributed by atoms with Crippen LogP contribution in [0.4, 0.5) is 0 Å². The Labute approximate surface area is 139 Å². The summed E-state index contributed by atoms with van der Waals surface area (Å²) in [6.07, 6.45) is 3.57. The van der Waals surface area contributed by atoms with Gasteiger partial charge in [-0.2, -0.15) is 5.06 Å². The molecule has 0 radical (unpaired) electrons. The van der Waals surface area contributed by atoms with E-state index in [4.69, 9.17) is 9.57 Å². The number of hydrogen-bond acceptors (Lipinski definition) is 4. The highest BCUT2D eigenvalue weighted by atomic mass is 16.7. The summed E-state index contributed by atoms with van der Waals surface area (Å²) in [4.78, 5) is 17.5. The monoisotopic (exact) mass is 319 g/mol. The molecular weight excluding hydrogens is 290 g/mol. The Hall–Kier alpha value is -1.23. The van der Waals surface area contributed by atoms with E-state index in [2.05, 4.69) is 27.7 Å². The molecule has 1 aromatic carbocycles. The van der Waals surface area contributed by atoms with Crippen LogP contribution >= 0.6 is 0 Å². The zero-order valence-electron chi connectivity index (χ0n) is 14.7. The molecule has 0 N–H and O–H groups in total. The first-order valence-corrected chi connectivity index (χ1v) is 8.39. The minimum Gasteiger partial charge on any atom is -0.374 e. The van der Waals surface area contributed by atoms with E-state index in [1.165, 1.54) is 6.42 Å². The maximum atomic E-state index is 11.4. The van der Waals surface area contributed by atoms with Crippen LogP contribution in [0.3, 0.4) is 0 Å². The second-order valence-corrected chi connectivity index (χ2v) is 7.55. The number of ether oxygens (including phenoxy) is 1. The van der Waals surface area contributed by atoms with Crippen molar-refractivity contribution in [3.05, 3.63) is 35.9 Å². The molecular formula is C19H29NO3. The van der Waals surface area contributed by atoms with Crippen LogP contribution in [0.5, 0.6) is 0 Å². The van der Waals surface area contributed by atoms with E-state index >= 15 is 0 Å². The molecule has 0 amide bonds. The minimum absolute atomic E-state index is 0.0809. The van der Waals surface area contributed by atoms with Gasteiger partial charge in [0.05, 0.1) is 13.2 Å². The Morgan fingerprint density at radius 2 is 1.74 bits per heavy atom. The molecule has 2 rings (SSSR count). The van der Waals surface area contributed by atoms with Gasteiger partial charge in [-0.1, -0.05) is 30.3 Å². The lowest BCUT2D eigenvalue weighted by atomic mass is 9.82. The lowest BCUT2D eigenvalue weighted by Crippen LogP contribution is -2.59. The van der Waals surface area contributed by atoms with E-state index in [-0.39, 0.29) is 17.7 Å². The highest BCUT2D eigenvalue weighted by Crippen LogP contribution is 2.38. The molecule has 1 atom stereocenters. The van der Waals surface area contributed by atoms with Gasteiger partial charge in [0.2, 0.25) is 0 Å². The Bertz CT molecular complexity index is 483. The molecule has 1 fully saturated rings. The predicted octanol–water partition coefficient (Wildman–Crippen LogP) is 3.75. The Balaban J connectivity index is 1.91. The van der Waals surface area contributed by atoms with Crippen LogP contribution in [0.1, 0.15) is 52.5 Å². The molecule has 4 nitrogen and oxygen atoms in total. The molecule has 0 saturated carbocycles. The van der Waals surface area contributed by atoms with E-state index in [0.29, 0.717) is 6.61 Å². The van der Waals surface area contributed by atoms with Crippen molar-refractivity contribution in [2.45, 2.75) is 70.7 Å². The molecule has 1 aliphatic rings. The van der Waals surface area contributed by atoms with Crippen LogP contribution in [-0.4, -0.2) is 35.1 Å². The van der Waals surface area contributed by atoms with Crippen LogP contribution in [0, 0.1) is 0 Å². The molecule has 1 aliphatic heterocycles. The van der Waals surface area contributed by atoms with Crippen molar-refractivity contribution in [3.8, 4) is 0 Å². The fraction of sp³-hybridized carbons (Fsp3) is 0.632. The molecule has 4 heteroatoms. The molecule has 0 aliphatic carbocycles. The number of benzene rings is 1. The summed E-state index contributed by atoms with van der Waals surface area (Å²) in [5, 5.41) is 2.01. The Morgan fingerprint density at radius 1 is 1.13 bits per heavy atom. The maximum Gasteiger partial charge on any atom is 0.158 e. The predicted molar refractivity (Wildman–Crippen MR) is 90.9 cm³/mol. The molecule has 1 saturated heterocycles. The minimum atomic E-state index is -0.574. The van der Waals surface area contributed by atoms with E-state index in [0.717, 1.165) is 24.7 Å². The normalized spacial score (nSPS) is 21.7. The molecule has 1 heterocycles. The number of aldehydes is 1. The third-order valence-electron chi connectivity index (χ3n) is 4.46. The Morgan fingerprint density at radius 3 is 2.30 bits per heavy atom. The number of piperidine rings is 1. The van der Waals surface area contributed by atoms with Gasteiger partial charge in [0.15, 0.2) is 12.4 Å². The smallest absolute Gasteiger partial charge is 0.158 e. The molecule has 1 aromatic rings. The van der Waals surface area contributed by atoms with E-state index in [9.17, 15) is 4.79 Å². The van der Waals surface area contributed by atoms with Crippen LogP contribution in [-0.2, 0) is 21.0 Å². The zero-order valence-corrected chi connectivity index (χ0v) is 14.7. The first kappa shape index (κ1) is 18.1. The number of hydroxylamine groups is 2. The third-order valence-corrected chi connectivity index (χ3v) is 4.46. The molecule has 0 unspecified atom stereocenters. The van der Waals surface area contributed by atoms with Crippen molar-refractivity contribution in [1.29, 1.82) is 0 Å². The topological polar surface area (TPSA) is 38.8 Å². The summed E-state index contributed by atoms with van der Waals surface area (Å²) in [6.45, 7) is 9.42. The number of carbonyl (C=O) groups excluding carboxylic acids is 1. The average molecular weight is 319 g/mol. The lowest BCUT2D eigenvalue weighted by Gasteiger charge is -2.51. The van der Waals surface area contributed by atoms with Gasteiger partial charge in [-0.15, -0.1) is 0 Å². The largest absolute Gasteiger partial charge is 0.374 e. The SMILES string of the molecule is CC1(C)CCCC(C)(C)N1O[C@@H](C=O)COCc1ccccc1. The molecule has 0 aromatic heterocycles. The standard InChI is InChI=1S/C19H29NO3/c1-18(2)11-8-12-19(3,4)20(18)23-17(13-21)15-22-14-16-9-6-5-7-10-16/h5-7,9-10,13,17H,8,11-12,14-15H2,1-4H3/t17-/m0/s1. The van der Waals surface area contributed by atoms with E-state index in [1.807, 2.05) is 35.4 Å². The molecule has 23 heavy (non-hydrogen) atoms. The fourth-order valence-electron chi connectivity index (χ4n) is 3.36. The summed E-state index contributed by atoms with van der Waals surface area (Å²) in [5.41, 5.74) is 0.931. The van der Waals surface area contributed by atoms with Gasteiger partial charge in [0.25, 0.3) is 0 Å². The number of nitrogens with zero attached hydrogens (tertiary/aromatic N) is 1. The first-order valence-electron chi connectivity index (χ1n) is 8.39. The van der Waals surface area contributed by atoms with Crippen molar-refractivity contribution in [2.75, 3.05) is 6.61 Å². The van der Waals surface area contributed by atoms with Gasteiger partial charge < -0.3 is 9.53 Å². The van der Waals surface area contributed by atoms with Gasteiger partial charge in [0, 0.05) is 11.1 Å². The second-order valence-electron chi connectivity index (χ2n) is 7.55.